The predicted molar refractivity (Wildman–Crippen MR) is 177 cm³/mol. The zero-order valence-corrected chi connectivity index (χ0v) is 26.9. The quantitative estimate of drug-likeness (QED) is 0.0736. The molecule has 0 aromatic heterocycles. The molecule has 252 valence electrons. The fraction of sp³-hybridized carbons (Fsp3) is 0.342. The first-order valence-corrected chi connectivity index (χ1v) is 15.9. The maximum Gasteiger partial charge on any atom is 0.305 e. The maximum atomic E-state index is 13.5. The van der Waals surface area contributed by atoms with Gasteiger partial charge in [0.25, 0.3) is 0 Å². The summed E-state index contributed by atoms with van der Waals surface area (Å²) in [4.78, 5) is 25.5. The van der Waals surface area contributed by atoms with Crippen LogP contribution in [0.3, 0.4) is 0 Å². The van der Waals surface area contributed by atoms with Crippen molar-refractivity contribution in [1.29, 1.82) is 0 Å². The Balaban J connectivity index is 1.54. The Morgan fingerprint density at radius 2 is 1.17 bits per heavy atom. The van der Waals surface area contributed by atoms with Crippen LogP contribution in [0.2, 0.25) is 0 Å². The normalized spacial score (nSPS) is 22.2. The minimum atomic E-state index is -2.06. The van der Waals surface area contributed by atoms with E-state index in [1.165, 1.54) is 7.11 Å². The van der Waals surface area contributed by atoms with Crippen molar-refractivity contribution in [2.24, 2.45) is 0 Å². The van der Waals surface area contributed by atoms with Crippen molar-refractivity contribution in [1.82, 2.24) is 0 Å². The molecule has 4 aromatic carbocycles. The van der Waals surface area contributed by atoms with E-state index in [0.29, 0.717) is 6.61 Å². The lowest BCUT2D eigenvalue weighted by Crippen LogP contribution is -2.71. The molecule has 1 fully saturated rings. The van der Waals surface area contributed by atoms with E-state index in [4.69, 9.17) is 28.4 Å². The average molecular weight is 656 g/mol. The van der Waals surface area contributed by atoms with Gasteiger partial charge in [-0.15, -0.1) is 0 Å². The lowest BCUT2D eigenvalue weighted by molar-refractivity contribution is -0.627. The number of ether oxygens (including phenoxy) is 6. The van der Waals surface area contributed by atoms with Crippen molar-refractivity contribution in [2.75, 3.05) is 13.7 Å². The minimum absolute atomic E-state index is 0.0257. The molecular weight excluding hydrogens is 614 g/mol. The van der Waals surface area contributed by atoms with Gasteiger partial charge in [0, 0.05) is 11.3 Å². The van der Waals surface area contributed by atoms with Gasteiger partial charge >= 0.3 is 11.5 Å². The van der Waals surface area contributed by atoms with Crippen LogP contribution in [0.15, 0.2) is 121 Å². The Hall–Kier alpha value is -4.45. The summed E-state index contributed by atoms with van der Waals surface area (Å²) in [5, 5.41) is 13.5. The summed E-state index contributed by atoms with van der Waals surface area (Å²) in [5.41, 5.74) is 1.38. The standard InChI is InChI=1S/C38H41NO9/c1-43-34(40)22-23-38(39(41)42)36(46-26-31-18-10-4-11-19-31)35(45-25-30-16-8-3-9-17-30)33(28-44-24-29-14-6-2-7-15-29)48-37(38)47-27-32-20-12-5-13-21-32/h2-21,33,35-37H,22-28H2,1H3/t33-,35-,36+,37?,38?/m1/s1. The number of carbonyl (C=O) groups is 1. The highest BCUT2D eigenvalue weighted by atomic mass is 16.7. The number of nitrogens with zero attached hydrogens (tertiary/aromatic N) is 1. The van der Waals surface area contributed by atoms with Gasteiger partial charge in [0.05, 0.1) is 46.6 Å². The van der Waals surface area contributed by atoms with Gasteiger partial charge in [-0.1, -0.05) is 121 Å². The van der Waals surface area contributed by atoms with Crippen LogP contribution in [0.4, 0.5) is 0 Å². The van der Waals surface area contributed by atoms with Gasteiger partial charge in [-0.3, -0.25) is 14.9 Å². The lowest BCUT2D eigenvalue weighted by atomic mass is 9.79. The van der Waals surface area contributed by atoms with E-state index in [1.54, 1.807) is 0 Å². The highest BCUT2D eigenvalue weighted by Gasteiger charge is 2.67. The number of benzene rings is 4. The average Bonchev–Trinajstić information content (AvgIpc) is 3.13. The van der Waals surface area contributed by atoms with Crippen LogP contribution in [0.1, 0.15) is 35.1 Å². The Bertz CT molecular complexity index is 1540. The highest BCUT2D eigenvalue weighted by Crippen LogP contribution is 2.41. The van der Waals surface area contributed by atoms with Crippen molar-refractivity contribution in [2.45, 2.75) is 69.4 Å². The zero-order valence-electron chi connectivity index (χ0n) is 26.9. The molecule has 48 heavy (non-hydrogen) atoms. The SMILES string of the molecule is COC(=O)CCC1([N+](=O)[O-])C(OCc2ccccc2)O[C@H](COCc2ccccc2)[C@@H](OCc2ccccc2)[C@@H]1OCc1ccccc1. The summed E-state index contributed by atoms with van der Waals surface area (Å²) < 4.78 is 37.0. The maximum absolute atomic E-state index is 13.5. The third-order valence-corrected chi connectivity index (χ3v) is 8.36. The van der Waals surface area contributed by atoms with Crippen molar-refractivity contribution in [3.63, 3.8) is 0 Å². The molecule has 10 nitrogen and oxygen atoms in total. The van der Waals surface area contributed by atoms with E-state index in [2.05, 4.69) is 0 Å². The molecule has 0 spiro atoms. The molecule has 5 rings (SSSR count). The van der Waals surface area contributed by atoms with Gasteiger partial charge in [0.1, 0.15) is 12.2 Å². The predicted octanol–water partition coefficient (Wildman–Crippen LogP) is 6.28. The van der Waals surface area contributed by atoms with Gasteiger partial charge in [-0.25, -0.2) is 0 Å². The molecule has 10 heteroatoms. The number of nitro groups is 1. The summed E-state index contributed by atoms with van der Waals surface area (Å²) in [7, 11) is 1.25. The van der Waals surface area contributed by atoms with Crippen LogP contribution in [0.25, 0.3) is 0 Å². The van der Waals surface area contributed by atoms with Crippen LogP contribution in [0, 0.1) is 10.1 Å². The van der Waals surface area contributed by atoms with E-state index < -0.39 is 41.0 Å². The van der Waals surface area contributed by atoms with Gasteiger partial charge in [0.15, 0.2) is 6.10 Å². The number of hydrogen-bond donors (Lipinski definition) is 0. The zero-order chi connectivity index (χ0) is 33.6. The smallest absolute Gasteiger partial charge is 0.305 e. The summed E-state index contributed by atoms with van der Waals surface area (Å²) in [5.74, 6) is -0.602. The van der Waals surface area contributed by atoms with Crippen LogP contribution in [0.5, 0.6) is 0 Å². The van der Waals surface area contributed by atoms with Crippen molar-refractivity contribution in [3.8, 4) is 0 Å². The van der Waals surface area contributed by atoms with Crippen LogP contribution >= 0.6 is 0 Å². The second-order valence-electron chi connectivity index (χ2n) is 11.6. The number of methoxy groups -OCH3 is 1. The molecule has 1 heterocycles. The molecule has 2 unspecified atom stereocenters. The second-order valence-corrected chi connectivity index (χ2v) is 11.6. The summed E-state index contributed by atoms with van der Waals surface area (Å²) >= 11 is 0. The largest absolute Gasteiger partial charge is 0.469 e. The molecule has 1 aliphatic rings. The fourth-order valence-electron chi connectivity index (χ4n) is 5.81. The number of rotatable bonds is 17. The molecular formula is C38H41NO9. The van der Waals surface area contributed by atoms with Gasteiger partial charge in [-0.2, -0.15) is 0 Å². The highest BCUT2D eigenvalue weighted by molar-refractivity contribution is 5.69. The molecule has 0 amide bonds. The topological polar surface area (TPSA) is 116 Å². The van der Waals surface area contributed by atoms with E-state index in [0.717, 1.165) is 22.3 Å². The first kappa shape index (κ1) is 34.9. The Morgan fingerprint density at radius 3 is 1.65 bits per heavy atom. The molecule has 0 radical (unpaired) electrons. The van der Waals surface area contributed by atoms with Gasteiger partial charge < -0.3 is 28.4 Å². The van der Waals surface area contributed by atoms with Crippen LogP contribution in [-0.4, -0.2) is 54.8 Å². The molecule has 0 bridgehead atoms. The number of esters is 1. The van der Waals surface area contributed by atoms with Gasteiger partial charge in [-0.05, 0) is 22.3 Å². The first-order valence-electron chi connectivity index (χ1n) is 15.9. The molecule has 5 atom stereocenters. The van der Waals surface area contributed by atoms with E-state index in [9.17, 15) is 14.9 Å². The molecule has 1 aliphatic heterocycles. The molecule has 4 aromatic rings. The first-order chi connectivity index (χ1) is 23.5. The number of hydrogen-bond acceptors (Lipinski definition) is 9. The van der Waals surface area contributed by atoms with E-state index in [1.807, 2.05) is 121 Å². The molecule has 1 saturated heterocycles. The summed E-state index contributed by atoms with van der Waals surface area (Å²) in [6, 6.07) is 37.9. The minimum Gasteiger partial charge on any atom is -0.469 e. The fourth-order valence-corrected chi connectivity index (χ4v) is 5.81. The second kappa shape index (κ2) is 17.6. The molecule has 0 aliphatic carbocycles. The summed E-state index contributed by atoms with van der Waals surface area (Å²) in [6.45, 7) is 0.538. The van der Waals surface area contributed by atoms with Crippen molar-refractivity contribution in [3.05, 3.63) is 154 Å². The van der Waals surface area contributed by atoms with Crippen LogP contribution < -0.4 is 0 Å². The Kier molecular flexibility index (Phi) is 12.8. The summed E-state index contributed by atoms with van der Waals surface area (Å²) in [6.07, 6.45) is -5.01. The Labute approximate surface area is 280 Å². The van der Waals surface area contributed by atoms with Crippen LogP contribution in [-0.2, 0) is 59.6 Å². The molecule has 0 N–H and O–H groups in total. The van der Waals surface area contributed by atoms with Gasteiger partial charge in [0.2, 0.25) is 6.29 Å². The third kappa shape index (κ3) is 9.12. The lowest BCUT2D eigenvalue weighted by Gasteiger charge is -2.48. The third-order valence-electron chi connectivity index (χ3n) is 8.36. The Morgan fingerprint density at radius 1 is 0.708 bits per heavy atom. The molecule has 0 saturated carbocycles. The van der Waals surface area contributed by atoms with Crippen molar-refractivity contribution < 1.29 is 38.1 Å². The number of carbonyl (C=O) groups excluding carboxylic acids is 1. The van der Waals surface area contributed by atoms with E-state index in [-0.39, 0.29) is 39.3 Å². The van der Waals surface area contributed by atoms with Crippen molar-refractivity contribution >= 4 is 5.97 Å². The monoisotopic (exact) mass is 655 g/mol. The van der Waals surface area contributed by atoms with E-state index >= 15 is 0 Å².